The average Bonchev–Trinajstić information content (AvgIpc) is 2.44. The number of hydrogen-bond donors (Lipinski definition) is 2. The number of nitrogens with one attached hydrogen (secondary N) is 1. The smallest absolute Gasteiger partial charge is 0.325 e. The van der Waals surface area contributed by atoms with Crippen molar-refractivity contribution < 1.29 is 19.4 Å². The highest BCUT2D eigenvalue weighted by Gasteiger charge is 2.15. The molecule has 0 bridgehead atoms. The lowest BCUT2D eigenvalue weighted by Crippen LogP contribution is -2.40. The van der Waals surface area contributed by atoms with Crippen molar-refractivity contribution in [3.8, 4) is 5.75 Å². The molecule has 1 atom stereocenters. The van der Waals surface area contributed by atoms with Crippen molar-refractivity contribution in [1.82, 2.24) is 5.32 Å². The van der Waals surface area contributed by atoms with Crippen molar-refractivity contribution in [1.29, 1.82) is 0 Å². The van der Waals surface area contributed by atoms with Gasteiger partial charge >= 0.3 is 5.97 Å². The van der Waals surface area contributed by atoms with Crippen LogP contribution in [0, 0.1) is 0 Å². The topological polar surface area (TPSA) is 75.6 Å². The van der Waals surface area contributed by atoms with E-state index >= 15 is 0 Å². The van der Waals surface area contributed by atoms with E-state index in [0.29, 0.717) is 5.75 Å². The first kappa shape index (κ1) is 14.4. The molecule has 1 aromatic rings. The highest BCUT2D eigenvalue weighted by atomic mass is 16.5. The Morgan fingerprint density at radius 2 is 2.00 bits per heavy atom. The Morgan fingerprint density at radius 1 is 1.30 bits per heavy atom. The number of aryl methyl sites for hydroxylation is 2. The Kier molecular flexibility index (Phi) is 4.61. The zero-order valence-corrected chi connectivity index (χ0v) is 11.5. The van der Waals surface area contributed by atoms with Crippen LogP contribution < -0.4 is 10.1 Å². The number of benzene rings is 1. The second-order valence-corrected chi connectivity index (χ2v) is 5.05. The normalized spacial score (nSPS) is 15.1. The van der Waals surface area contributed by atoms with E-state index in [0.717, 1.165) is 12.8 Å². The van der Waals surface area contributed by atoms with Crippen molar-refractivity contribution in [3.63, 3.8) is 0 Å². The van der Waals surface area contributed by atoms with Crippen LogP contribution in [0.25, 0.3) is 0 Å². The van der Waals surface area contributed by atoms with E-state index in [4.69, 9.17) is 9.84 Å². The van der Waals surface area contributed by atoms with Gasteiger partial charge in [-0.2, -0.15) is 0 Å². The van der Waals surface area contributed by atoms with Gasteiger partial charge in [0.15, 0.2) is 6.61 Å². The molecule has 0 aromatic heterocycles. The molecule has 0 spiro atoms. The maximum atomic E-state index is 11.5. The first-order valence-corrected chi connectivity index (χ1v) is 6.83. The summed E-state index contributed by atoms with van der Waals surface area (Å²) in [7, 11) is 0. The van der Waals surface area contributed by atoms with Gasteiger partial charge in [-0.25, -0.2) is 0 Å². The molecule has 1 aliphatic rings. The summed E-state index contributed by atoms with van der Waals surface area (Å²) in [5.41, 5.74) is 2.64. The summed E-state index contributed by atoms with van der Waals surface area (Å²) in [4.78, 5) is 22.1. The van der Waals surface area contributed by atoms with Gasteiger partial charge in [-0.05, 0) is 55.9 Å². The number of rotatable bonds is 5. The Bertz CT molecular complexity index is 513. The number of fused-ring (bicyclic) bond motifs is 1. The molecule has 108 valence electrons. The van der Waals surface area contributed by atoms with Crippen LogP contribution in [0.4, 0.5) is 0 Å². The maximum absolute atomic E-state index is 11.5. The second-order valence-electron chi connectivity index (χ2n) is 5.05. The molecule has 0 heterocycles. The third-order valence-corrected chi connectivity index (χ3v) is 3.44. The summed E-state index contributed by atoms with van der Waals surface area (Å²) in [6.45, 7) is 1.25. The summed E-state index contributed by atoms with van der Waals surface area (Å²) < 4.78 is 5.41. The molecular weight excluding hydrogens is 258 g/mol. The van der Waals surface area contributed by atoms with Gasteiger partial charge in [-0.15, -0.1) is 0 Å². The molecule has 0 unspecified atom stereocenters. The number of aliphatic carboxylic acids is 1. The molecule has 1 aliphatic carbocycles. The summed E-state index contributed by atoms with van der Waals surface area (Å²) in [5, 5.41) is 11.0. The molecule has 2 N–H and O–H groups in total. The van der Waals surface area contributed by atoms with Crippen molar-refractivity contribution >= 4 is 11.9 Å². The quantitative estimate of drug-likeness (QED) is 0.856. The Hall–Kier alpha value is -2.04. The van der Waals surface area contributed by atoms with E-state index in [1.807, 2.05) is 18.2 Å². The van der Waals surface area contributed by atoms with Gasteiger partial charge in [0.1, 0.15) is 11.8 Å². The lowest BCUT2D eigenvalue weighted by atomic mass is 9.92. The predicted molar refractivity (Wildman–Crippen MR) is 73.8 cm³/mol. The standard InChI is InChI=1S/C15H19NO4/c1-10(15(18)19)16-14(17)9-20-13-7-6-11-4-2-3-5-12(11)8-13/h6-8,10H,2-5,9H2,1H3,(H,16,17)(H,18,19)/t10-/m0/s1. The van der Waals surface area contributed by atoms with E-state index in [1.165, 1.54) is 30.9 Å². The SMILES string of the molecule is C[C@H](NC(=O)COc1ccc2c(c1)CCCC2)C(=O)O. The Morgan fingerprint density at radius 3 is 2.70 bits per heavy atom. The van der Waals surface area contributed by atoms with Crippen LogP contribution in [-0.2, 0) is 22.4 Å². The number of carbonyl (C=O) groups is 2. The Labute approximate surface area is 117 Å². The zero-order chi connectivity index (χ0) is 14.5. The van der Waals surface area contributed by atoms with Crippen molar-refractivity contribution in [2.24, 2.45) is 0 Å². The van der Waals surface area contributed by atoms with E-state index in [9.17, 15) is 9.59 Å². The van der Waals surface area contributed by atoms with Gasteiger partial charge < -0.3 is 15.2 Å². The number of ether oxygens (including phenoxy) is 1. The lowest BCUT2D eigenvalue weighted by Gasteiger charge is -2.17. The van der Waals surface area contributed by atoms with E-state index in [2.05, 4.69) is 5.32 Å². The molecule has 0 fully saturated rings. The Balaban J connectivity index is 1.88. The predicted octanol–water partition coefficient (Wildman–Crippen LogP) is 1.53. The number of carbonyl (C=O) groups excluding carboxylic acids is 1. The fourth-order valence-electron chi connectivity index (χ4n) is 2.29. The zero-order valence-electron chi connectivity index (χ0n) is 11.5. The monoisotopic (exact) mass is 277 g/mol. The molecule has 0 saturated heterocycles. The average molecular weight is 277 g/mol. The number of carboxylic acids is 1. The first-order chi connectivity index (χ1) is 9.56. The molecule has 2 rings (SSSR count). The van der Waals surface area contributed by atoms with Crippen LogP contribution >= 0.6 is 0 Å². The van der Waals surface area contributed by atoms with Crippen LogP contribution in [0.5, 0.6) is 5.75 Å². The third-order valence-electron chi connectivity index (χ3n) is 3.44. The summed E-state index contributed by atoms with van der Waals surface area (Å²) in [6.07, 6.45) is 4.57. The molecule has 5 nitrogen and oxygen atoms in total. The summed E-state index contributed by atoms with van der Waals surface area (Å²) in [6, 6.07) is 4.97. The van der Waals surface area contributed by atoms with Crippen molar-refractivity contribution in [2.75, 3.05) is 6.61 Å². The molecule has 0 radical (unpaired) electrons. The van der Waals surface area contributed by atoms with Crippen molar-refractivity contribution in [2.45, 2.75) is 38.6 Å². The largest absolute Gasteiger partial charge is 0.484 e. The molecule has 5 heteroatoms. The minimum Gasteiger partial charge on any atom is -0.484 e. The highest BCUT2D eigenvalue weighted by molar-refractivity contribution is 5.84. The second kappa shape index (κ2) is 6.41. The van der Waals surface area contributed by atoms with Crippen LogP contribution in [0.3, 0.4) is 0 Å². The van der Waals surface area contributed by atoms with E-state index in [-0.39, 0.29) is 6.61 Å². The van der Waals surface area contributed by atoms with Gasteiger partial charge in [0, 0.05) is 0 Å². The molecule has 0 saturated carbocycles. The van der Waals surface area contributed by atoms with Gasteiger partial charge in [0.05, 0.1) is 0 Å². The van der Waals surface area contributed by atoms with Crippen LogP contribution in [0.2, 0.25) is 0 Å². The van der Waals surface area contributed by atoms with Crippen molar-refractivity contribution in [3.05, 3.63) is 29.3 Å². The number of hydrogen-bond acceptors (Lipinski definition) is 3. The van der Waals surface area contributed by atoms with E-state index in [1.54, 1.807) is 0 Å². The lowest BCUT2D eigenvalue weighted by molar-refractivity contribution is -0.141. The summed E-state index contributed by atoms with van der Waals surface area (Å²) in [5.74, 6) is -0.839. The number of amides is 1. The van der Waals surface area contributed by atoms with Crippen LogP contribution in [-0.4, -0.2) is 29.6 Å². The highest BCUT2D eigenvalue weighted by Crippen LogP contribution is 2.25. The molecule has 0 aliphatic heterocycles. The summed E-state index contributed by atoms with van der Waals surface area (Å²) >= 11 is 0. The number of carboxylic acid groups (broad SMARTS) is 1. The minimum absolute atomic E-state index is 0.170. The van der Waals surface area contributed by atoms with Gasteiger partial charge in [0.2, 0.25) is 0 Å². The van der Waals surface area contributed by atoms with Crippen LogP contribution in [0.15, 0.2) is 18.2 Å². The van der Waals surface area contributed by atoms with Crippen LogP contribution in [0.1, 0.15) is 30.9 Å². The third kappa shape index (κ3) is 3.73. The van der Waals surface area contributed by atoms with E-state index < -0.39 is 17.9 Å². The first-order valence-electron chi connectivity index (χ1n) is 6.83. The van der Waals surface area contributed by atoms with Gasteiger partial charge in [0.25, 0.3) is 5.91 Å². The molecular formula is C15H19NO4. The fraction of sp³-hybridized carbons (Fsp3) is 0.467. The molecule has 20 heavy (non-hydrogen) atoms. The molecule has 1 aromatic carbocycles. The van der Waals surface area contributed by atoms with Gasteiger partial charge in [-0.1, -0.05) is 6.07 Å². The maximum Gasteiger partial charge on any atom is 0.325 e. The minimum atomic E-state index is -1.06. The molecule has 1 amide bonds. The van der Waals surface area contributed by atoms with Gasteiger partial charge in [-0.3, -0.25) is 9.59 Å². The fourth-order valence-corrected chi connectivity index (χ4v) is 2.29.